The summed E-state index contributed by atoms with van der Waals surface area (Å²) >= 11 is 0. The predicted molar refractivity (Wildman–Crippen MR) is 55.9 cm³/mol. The van der Waals surface area contributed by atoms with E-state index in [2.05, 4.69) is 28.3 Å². The first kappa shape index (κ1) is 7.44. The van der Waals surface area contributed by atoms with E-state index in [4.69, 9.17) is 0 Å². The molecule has 0 bridgehead atoms. The molecule has 1 radical (unpaired) electrons. The number of nitrogens with zero attached hydrogens (tertiary/aromatic N) is 2. The molecule has 1 aromatic carbocycles. The van der Waals surface area contributed by atoms with Crippen LogP contribution in [0.3, 0.4) is 0 Å². The molecule has 2 heterocycles. The minimum absolute atomic E-state index is 0.943. The Labute approximate surface area is 81.2 Å². The summed E-state index contributed by atoms with van der Waals surface area (Å²) in [4.78, 5) is 8.44. The van der Waals surface area contributed by atoms with E-state index in [-0.39, 0.29) is 0 Å². The van der Waals surface area contributed by atoms with Crippen LogP contribution in [-0.2, 0) is 0 Å². The van der Waals surface area contributed by atoms with Crippen molar-refractivity contribution in [1.29, 1.82) is 0 Å². The van der Waals surface area contributed by atoms with E-state index in [0.29, 0.717) is 0 Å². The molecule has 0 aliphatic rings. The maximum atomic E-state index is 4.28. The van der Waals surface area contributed by atoms with Crippen molar-refractivity contribution in [2.45, 2.75) is 0 Å². The molecule has 2 aromatic heterocycles. The molecule has 0 aliphatic heterocycles. The summed E-state index contributed by atoms with van der Waals surface area (Å²) in [5.74, 6) is 0. The van der Waals surface area contributed by atoms with Gasteiger partial charge in [0.1, 0.15) is 0 Å². The van der Waals surface area contributed by atoms with Crippen molar-refractivity contribution in [3.63, 3.8) is 0 Å². The highest BCUT2D eigenvalue weighted by molar-refractivity contribution is 5.94. The predicted octanol–water partition coefficient (Wildman–Crippen LogP) is 2.58. The van der Waals surface area contributed by atoms with E-state index in [0.717, 1.165) is 21.8 Å². The molecule has 0 saturated carbocycles. The number of benzene rings is 1. The van der Waals surface area contributed by atoms with Gasteiger partial charge in [0.15, 0.2) is 0 Å². The zero-order valence-corrected chi connectivity index (χ0v) is 7.44. The largest absolute Gasteiger partial charge is 0.256 e. The van der Waals surface area contributed by atoms with Gasteiger partial charge in [0.2, 0.25) is 0 Å². The average molecular weight is 179 g/mol. The third-order valence-corrected chi connectivity index (χ3v) is 2.27. The number of hydrogen-bond donors (Lipinski definition) is 0. The summed E-state index contributed by atoms with van der Waals surface area (Å²) < 4.78 is 0. The molecular formula is C12H7N2. The molecule has 2 nitrogen and oxygen atoms in total. The van der Waals surface area contributed by atoms with Crippen LogP contribution in [0.25, 0.3) is 21.8 Å². The Bertz CT molecular complexity index is 497. The number of fused-ring (bicyclic) bond motifs is 2. The van der Waals surface area contributed by atoms with E-state index in [1.54, 1.807) is 6.20 Å². The van der Waals surface area contributed by atoms with Crippen LogP contribution < -0.4 is 0 Å². The summed E-state index contributed by atoms with van der Waals surface area (Å²) in [6, 6.07) is 11.9. The molecule has 2 heteroatoms. The van der Waals surface area contributed by atoms with Crippen molar-refractivity contribution in [1.82, 2.24) is 9.97 Å². The molecule has 0 amide bonds. The lowest BCUT2D eigenvalue weighted by atomic mass is 10.1. The summed E-state index contributed by atoms with van der Waals surface area (Å²) in [5, 5.41) is 2.28. The third kappa shape index (κ3) is 1.04. The normalized spacial score (nSPS) is 10.9. The molecule has 0 aliphatic carbocycles. The minimum atomic E-state index is 0.943. The highest BCUT2D eigenvalue weighted by atomic mass is 14.7. The van der Waals surface area contributed by atoms with Gasteiger partial charge in [0.05, 0.1) is 17.2 Å². The molecule has 0 N–H and O–H groups in total. The molecule has 3 rings (SSSR count). The van der Waals surface area contributed by atoms with E-state index >= 15 is 0 Å². The van der Waals surface area contributed by atoms with Gasteiger partial charge in [-0.05, 0) is 24.3 Å². The first-order valence-electron chi connectivity index (χ1n) is 4.45. The Kier molecular flexibility index (Phi) is 1.47. The smallest absolute Gasteiger partial charge is 0.0894 e. The fraction of sp³-hybridized carbons (Fsp3) is 0. The van der Waals surface area contributed by atoms with Gasteiger partial charge in [0.25, 0.3) is 0 Å². The van der Waals surface area contributed by atoms with Gasteiger partial charge >= 0.3 is 0 Å². The molecule has 0 fully saturated rings. The fourth-order valence-corrected chi connectivity index (χ4v) is 1.59. The summed E-state index contributed by atoms with van der Waals surface area (Å²) in [6.45, 7) is 0. The number of rotatable bonds is 0. The Morgan fingerprint density at radius 3 is 2.93 bits per heavy atom. The van der Waals surface area contributed by atoms with Gasteiger partial charge in [-0.15, -0.1) is 0 Å². The molecular weight excluding hydrogens is 172 g/mol. The van der Waals surface area contributed by atoms with E-state index in [9.17, 15) is 0 Å². The molecule has 14 heavy (non-hydrogen) atoms. The molecule has 0 atom stereocenters. The Balaban J connectivity index is 2.52. The van der Waals surface area contributed by atoms with E-state index in [1.807, 2.05) is 24.3 Å². The minimum Gasteiger partial charge on any atom is -0.256 e. The van der Waals surface area contributed by atoms with Gasteiger partial charge < -0.3 is 0 Å². The highest BCUT2D eigenvalue weighted by Crippen LogP contribution is 2.18. The van der Waals surface area contributed by atoms with Crippen LogP contribution in [0.2, 0.25) is 0 Å². The summed E-state index contributed by atoms with van der Waals surface area (Å²) in [6.07, 6.45) is 4.61. The second-order valence-electron chi connectivity index (χ2n) is 3.18. The zero-order valence-electron chi connectivity index (χ0n) is 7.44. The highest BCUT2D eigenvalue weighted by Gasteiger charge is 1.97. The molecule has 0 saturated heterocycles. The Morgan fingerprint density at radius 2 is 1.93 bits per heavy atom. The third-order valence-electron chi connectivity index (χ3n) is 2.27. The average Bonchev–Trinajstić information content (AvgIpc) is 2.26. The van der Waals surface area contributed by atoms with Crippen molar-refractivity contribution in [3.05, 3.63) is 48.8 Å². The summed E-state index contributed by atoms with van der Waals surface area (Å²) in [7, 11) is 0. The lowest BCUT2D eigenvalue weighted by molar-refractivity contribution is 1.38. The van der Waals surface area contributed by atoms with Crippen molar-refractivity contribution >= 4 is 21.8 Å². The Morgan fingerprint density at radius 1 is 1.00 bits per heavy atom. The molecule has 65 valence electrons. The van der Waals surface area contributed by atoms with Crippen LogP contribution in [0.1, 0.15) is 0 Å². The van der Waals surface area contributed by atoms with Gasteiger partial charge in [-0.3, -0.25) is 4.98 Å². The fourth-order valence-electron chi connectivity index (χ4n) is 1.59. The van der Waals surface area contributed by atoms with Crippen molar-refractivity contribution in [3.8, 4) is 0 Å². The van der Waals surface area contributed by atoms with Crippen LogP contribution in [0.5, 0.6) is 0 Å². The summed E-state index contributed by atoms with van der Waals surface area (Å²) in [5.41, 5.74) is 1.92. The van der Waals surface area contributed by atoms with Crippen LogP contribution in [0.4, 0.5) is 0 Å². The van der Waals surface area contributed by atoms with Crippen LogP contribution in [-0.4, -0.2) is 9.97 Å². The van der Waals surface area contributed by atoms with Gasteiger partial charge in [-0.2, -0.15) is 0 Å². The van der Waals surface area contributed by atoms with Crippen molar-refractivity contribution < 1.29 is 0 Å². The van der Waals surface area contributed by atoms with Crippen LogP contribution >= 0.6 is 0 Å². The van der Waals surface area contributed by atoms with Crippen molar-refractivity contribution in [2.24, 2.45) is 0 Å². The first-order valence-corrected chi connectivity index (χ1v) is 4.45. The van der Waals surface area contributed by atoms with Gasteiger partial charge in [-0.25, -0.2) is 4.98 Å². The topological polar surface area (TPSA) is 25.8 Å². The molecule has 0 spiro atoms. The lowest BCUT2D eigenvalue weighted by Crippen LogP contribution is -1.81. The number of pyridine rings is 2. The quantitative estimate of drug-likeness (QED) is 0.496. The zero-order chi connectivity index (χ0) is 9.38. The van der Waals surface area contributed by atoms with Crippen LogP contribution in [0.15, 0.2) is 42.6 Å². The van der Waals surface area contributed by atoms with Gasteiger partial charge in [0, 0.05) is 17.0 Å². The molecule has 3 aromatic rings. The number of aromatic nitrogens is 2. The monoisotopic (exact) mass is 179 g/mol. The van der Waals surface area contributed by atoms with Crippen LogP contribution in [0, 0.1) is 6.20 Å². The van der Waals surface area contributed by atoms with Crippen molar-refractivity contribution in [2.75, 3.05) is 0 Å². The molecule has 0 unspecified atom stereocenters. The van der Waals surface area contributed by atoms with E-state index in [1.165, 1.54) is 0 Å². The SMILES string of the molecule is [c]1ccc2cc3cccnc3cc2n1. The second-order valence-corrected chi connectivity index (χ2v) is 3.18. The first-order chi connectivity index (χ1) is 6.93. The second kappa shape index (κ2) is 2.77. The Hall–Kier alpha value is -1.96. The van der Waals surface area contributed by atoms with E-state index < -0.39 is 0 Å². The maximum absolute atomic E-state index is 4.28. The van der Waals surface area contributed by atoms with Gasteiger partial charge in [-0.1, -0.05) is 12.1 Å². The number of hydrogen-bond acceptors (Lipinski definition) is 2. The standard InChI is InChI=1S/C12H7N2/c1-3-9-7-10-4-2-6-14-12(10)8-11(9)13-5-1/h1-5,7-8H. The lowest BCUT2D eigenvalue weighted by Gasteiger charge is -1.99. The maximum Gasteiger partial charge on any atom is 0.0894 e.